The molecule has 0 radical (unpaired) electrons. The predicted molar refractivity (Wildman–Crippen MR) is 166 cm³/mol. The Kier molecular flexibility index (Phi) is 12.6. The van der Waals surface area contributed by atoms with E-state index in [1.807, 2.05) is 38.9 Å². The fourth-order valence-electron chi connectivity index (χ4n) is 4.80. The van der Waals surface area contributed by atoms with Gasteiger partial charge in [-0.25, -0.2) is 0 Å². The third-order valence-electron chi connectivity index (χ3n) is 6.76. The van der Waals surface area contributed by atoms with Crippen molar-refractivity contribution in [3.8, 4) is 11.5 Å². The van der Waals surface area contributed by atoms with E-state index in [1.165, 1.54) is 28.0 Å². The van der Waals surface area contributed by atoms with Crippen molar-refractivity contribution in [1.29, 1.82) is 0 Å². The van der Waals surface area contributed by atoms with Crippen LogP contribution >= 0.6 is 0 Å². The summed E-state index contributed by atoms with van der Waals surface area (Å²) >= 11 is 0. The van der Waals surface area contributed by atoms with Crippen molar-refractivity contribution in [2.45, 2.75) is 53.5 Å². The Labute approximate surface area is 240 Å². The number of benzene rings is 2. The molecule has 0 aromatic heterocycles. The van der Waals surface area contributed by atoms with E-state index in [0.717, 1.165) is 56.2 Å². The summed E-state index contributed by atoms with van der Waals surface area (Å²) in [5.41, 5.74) is 6.22. The molecule has 40 heavy (non-hydrogen) atoms. The van der Waals surface area contributed by atoms with E-state index in [0.29, 0.717) is 6.61 Å². The Bertz CT molecular complexity index is 1210. The second-order valence-electron chi connectivity index (χ2n) is 9.46. The summed E-state index contributed by atoms with van der Waals surface area (Å²) in [6.45, 7) is 15.2. The monoisotopic (exact) mass is 543 g/mol. The minimum Gasteiger partial charge on any atom is -0.494 e. The van der Waals surface area contributed by atoms with Crippen LogP contribution in [0.3, 0.4) is 0 Å². The second-order valence-corrected chi connectivity index (χ2v) is 9.46. The van der Waals surface area contributed by atoms with Crippen LogP contribution in [0, 0.1) is 0 Å². The first-order valence-corrected chi connectivity index (χ1v) is 14.4. The summed E-state index contributed by atoms with van der Waals surface area (Å²) in [7, 11) is 1.99. The van der Waals surface area contributed by atoms with Gasteiger partial charge in [0.05, 0.1) is 6.61 Å². The molecule has 6 heteroatoms. The van der Waals surface area contributed by atoms with Crippen molar-refractivity contribution >= 4 is 6.72 Å². The molecule has 1 heterocycles. The van der Waals surface area contributed by atoms with E-state index in [4.69, 9.17) is 14.2 Å². The molecule has 1 aliphatic carbocycles. The molecule has 0 amide bonds. The van der Waals surface area contributed by atoms with Crippen molar-refractivity contribution in [2.75, 3.05) is 33.5 Å². The number of hydrogen-bond donors (Lipinski definition) is 0. The molecule has 214 valence electrons. The van der Waals surface area contributed by atoms with Crippen LogP contribution in [0.4, 0.5) is 0 Å². The Morgan fingerprint density at radius 3 is 2.50 bits per heavy atom. The Balaban J connectivity index is 0.00000216. The van der Waals surface area contributed by atoms with Gasteiger partial charge >= 0.3 is 0 Å². The van der Waals surface area contributed by atoms with Gasteiger partial charge in [-0.15, -0.1) is 0 Å². The molecule has 0 fully saturated rings. The van der Waals surface area contributed by atoms with Crippen molar-refractivity contribution in [3.05, 3.63) is 107 Å². The second kappa shape index (κ2) is 16.4. The smallest absolute Gasteiger partial charge is 0.231 e. The van der Waals surface area contributed by atoms with Crippen LogP contribution in [-0.2, 0) is 17.7 Å². The largest absolute Gasteiger partial charge is 0.494 e. The van der Waals surface area contributed by atoms with Gasteiger partial charge in [-0.3, -0.25) is 9.91 Å². The highest BCUT2D eigenvalue weighted by Crippen LogP contribution is 2.33. The van der Waals surface area contributed by atoms with Crippen LogP contribution < -0.4 is 9.47 Å². The minimum atomic E-state index is 0.273. The number of nitrogens with zero attached hydrogens (tertiary/aromatic N) is 3. The van der Waals surface area contributed by atoms with Crippen LogP contribution in [0.2, 0.25) is 0 Å². The highest BCUT2D eigenvalue weighted by Gasteiger charge is 2.19. The van der Waals surface area contributed by atoms with Gasteiger partial charge in [0.25, 0.3) is 0 Å². The first kappa shape index (κ1) is 30.8. The summed E-state index contributed by atoms with van der Waals surface area (Å²) < 4.78 is 17.0. The topological polar surface area (TPSA) is 46.5 Å². The standard InChI is InChI=1S/C32H39N3O3.C2H6/c1-5-28(18-25-12-8-7-9-13-25)30(34(4)33-3)23-35(21-26-14-10-11-15-29(19-26)36-6-2)22-27-16-17-31-32(20-27)38-24-37-31;1-2/h7-9,11-17,19-20H,3,5-6,10,18,21-24H2,1-2,4H3;1-2H3/b30-28-;. The molecule has 2 aromatic rings. The molecule has 0 unspecified atom stereocenters. The number of ether oxygens (including phenoxy) is 3. The number of hydrazone groups is 1. The molecule has 0 saturated heterocycles. The number of likely N-dealkylation sites (N-methyl/N-ethyl adjacent to an activating group) is 1. The lowest BCUT2D eigenvalue weighted by molar-refractivity contribution is 0.174. The molecular formula is C34H45N3O3. The van der Waals surface area contributed by atoms with Crippen LogP contribution in [-0.4, -0.2) is 50.2 Å². The van der Waals surface area contributed by atoms with Gasteiger partial charge in [-0.1, -0.05) is 69.3 Å². The highest BCUT2D eigenvalue weighted by atomic mass is 16.7. The maximum atomic E-state index is 5.85. The lowest BCUT2D eigenvalue weighted by atomic mass is 10.00. The fourth-order valence-corrected chi connectivity index (χ4v) is 4.80. The number of rotatable bonds is 13. The van der Waals surface area contributed by atoms with Crippen LogP contribution in [0.5, 0.6) is 11.5 Å². The van der Waals surface area contributed by atoms with E-state index >= 15 is 0 Å². The van der Waals surface area contributed by atoms with Gasteiger partial charge in [0.15, 0.2) is 11.5 Å². The first-order valence-electron chi connectivity index (χ1n) is 14.4. The van der Waals surface area contributed by atoms with E-state index in [1.54, 1.807) is 0 Å². The van der Waals surface area contributed by atoms with Crippen molar-refractivity contribution in [1.82, 2.24) is 9.91 Å². The van der Waals surface area contributed by atoms with Gasteiger partial charge in [0, 0.05) is 39.1 Å². The average Bonchev–Trinajstić information content (AvgIpc) is 3.35. The van der Waals surface area contributed by atoms with E-state index in [2.05, 4.69) is 90.4 Å². The third-order valence-corrected chi connectivity index (χ3v) is 6.76. The van der Waals surface area contributed by atoms with Gasteiger partial charge < -0.3 is 14.2 Å². The van der Waals surface area contributed by atoms with Crippen LogP contribution in [0.25, 0.3) is 0 Å². The molecule has 4 rings (SSSR count). The summed E-state index contributed by atoms with van der Waals surface area (Å²) in [6.07, 6.45) is 11.3. The van der Waals surface area contributed by atoms with Crippen molar-refractivity contribution < 1.29 is 14.2 Å². The quantitative estimate of drug-likeness (QED) is 0.193. The Morgan fingerprint density at radius 1 is 1.00 bits per heavy atom. The van der Waals surface area contributed by atoms with E-state index in [-0.39, 0.29) is 6.79 Å². The summed E-state index contributed by atoms with van der Waals surface area (Å²) in [5, 5.41) is 6.24. The first-order chi connectivity index (χ1) is 19.6. The fraction of sp³-hybridized carbons (Fsp3) is 0.382. The average molecular weight is 544 g/mol. The van der Waals surface area contributed by atoms with Gasteiger partial charge in [-0.05, 0) is 72.7 Å². The molecule has 0 atom stereocenters. The lowest BCUT2D eigenvalue weighted by Gasteiger charge is -2.29. The van der Waals surface area contributed by atoms with Gasteiger partial charge in [0.2, 0.25) is 6.79 Å². The zero-order chi connectivity index (χ0) is 28.7. The molecule has 0 saturated carbocycles. The third kappa shape index (κ3) is 8.88. The lowest BCUT2D eigenvalue weighted by Crippen LogP contribution is -2.32. The van der Waals surface area contributed by atoms with Crippen molar-refractivity contribution in [2.24, 2.45) is 5.10 Å². The van der Waals surface area contributed by atoms with E-state index in [9.17, 15) is 0 Å². The molecular weight excluding hydrogens is 498 g/mol. The molecule has 0 bridgehead atoms. The Morgan fingerprint density at radius 2 is 1.77 bits per heavy atom. The maximum absolute atomic E-state index is 5.85. The SMILES string of the molecule is C=NN(C)/C(CN(CC1=CCC=CC(OCC)=C1)Cc1ccc2c(c1)OCO2)=C(/CC)Cc1ccccc1.CC. The van der Waals surface area contributed by atoms with Crippen LogP contribution in [0.1, 0.15) is 51.7 Å². The zero-order valence-electron chi connectivity index (χ0n) is 24.9. The minimum absolute atomic E-state index is 0.273. The maximum Gasteiger partial charge on any atom is 0.231 e. The van der Waals surface area contributed by atoms with E-state index < -0.39 is 0 Å². The zero-order valence-corrected chi connectivity index (χ0v) is 24.9. The van der Waals surface area contributed by atoms with Gasteiger partial charge in [-0.2, -0.15) is 5.10 Å². The molecule has 0 spiro atoms. The molecule has 2 aliphatic rings. The van der Waals surface area contributed by atoms with Gasteiger partial charge in [0.1, 0.15) is 5.76 Å². The molecule has 6 nitrogen and oxygen atoms in total. The molecule has 0 N–H and O–H groups in total. The number of fused-ring (bicyclic) bond motifs is 1. The van der Waals surface area contributed by atoms with Crippen molar-refractivity contribution in [3.63, 3.8) is 0 Å². The van der Waals surface area contributed by atoms with Crippen LogP contribution in [0.15, 0.2) is 101 Å². The summed E-state index contributed by atoms with van der Waals surface area (Å²) in [5.74, 6) is 2.51. The normalized spacial score (nSPS) is 14.3. The Hall–Kier alpha value is -3.77. The highest BCUT2D eigenvalue weighted by molar-refractivity contribution is 5.44. The predicted octanol–water partition coefficient (Wildman–Crippen LogP) is 7.50. The number of hydrogen-bond acceptors (Lipinski definition) is 6. The molecule has 1 aliphatic heterocycles. The summed E-state index contributed by atoms with van der Waals surface area (Å²) in [4.78, 5) is 2.45. The number of allylic oxidation sites excluding steroid dienone is 4. The summed E-state index contributed by atoms with van der Waals surface area (Å²) in [6, 6.07) is 16.8. The molecule has 2 aromatic carbocycles.